The maximum Gasteiger partial charge on any atom is 0.417 e. The van der Waals surface area contributed by atoms with Gasteiger partial charge in [-0.05, 0) is 66.8 Å². The summed E-state index contributed by atoms with van der Waals surface area (Å²) in [5.41, 5.74) is 3.22. The predicted octanol–water partition coefficient (Wildman–Crippen LogP) is 7.78. The molecule has 2 amide bonds. The Morgan fingerprint density at radius 2 is 1.23 bits per heavy atom. The van der Waals surface area contributed by atoms with E-state index in [-0.39, 0.29) is 37.9 Å². The monoisotopic (exact) mass is 778 g/mol. The van der Waals surface area contributed by atoms with Crippen LogP contribution in [0.25, 0.3) is 0 Å². The molecular weight excluding hydrogens is 731 g/mol. The fraction of sp³-hybridized carbons (Fsp3) is 0.273. The van der Waals surface area contributed by atoms with Gasteiger partial charge >= 0.3 is 19.6 Å². The summed E-state index contributed by atoms with van der Waals surface area (Å²) in [4.78, 5) is 30.5. The standard InChI is InChI=1S/C44H47N2O9P/c1-3-52-43(49)32(2)54-56(51,55-38-22-14-7-15-23-38)31-53-37-26-24-33(25-27-37)28-39-41(47)42(48)40(36-20-12-6-13-21-36)46(30-35-18-10-5-11-19-35)44(50)45(39)29-34-16-8-4-9-17-34/h4-27,32,39-42,47-48H,3,28-31H2,1-2H3/t32-,39+,40?,41-,42-,56?/m0/s1. The Kier molecular flexibility index (Phi) is 13.6. The first-order valence-corrected chi connectivity index (χ1v) is 20.3. The summed E-state index contributed by atoms with van der Waals surface area (Å²) >= 11 is 0. The number of amides is 2. The van der Waals surface area contributed by atoms with Gasteiger partial charge in [0.2, 0.25) is 6.35 Å². The minimum absolute atomic E-state index is 0.133. The Bertz CT molecular complexity index is 2040. The van der Waals surface area contributed by atoms with E-state index >= 15 is 0 Å². The Hall–Kier alpha value is -5.45. The molecule has 1 saturated heterocycles. The quantitative estimate of drug-likeness (QED) is 0.0761. The zero-order valence-corrected chi connectivity index (χ0v) is 32.3. The van der Waals surface area contributed by atoms with E-state index in [2.05, 4.69) is 0 Å². The maximum absolute atomic E-state index is 14.9. The van der Waals surface area contributed by atoms with E-state index < -0.39 is 50.3 Å². The van der Waals surface area contributed by atoms with E-state index in [4.69, 9.17) is 18.5 Å². The van der Waals surface area contributed by atoms with Crippen LogP contribution in [0.5, 0.6) is 11.5 Å². The molecular formula is C44H47N2O9P. The molecule has 0 spiro atoms. The average Bonchev–Trinajstić information content (AvgIpc) is 3.28. The van der Waals surface area contributed by atoms with Crippen molar-refractivity contribution in [3.8, 4) is 11.5 Å². The summed E-state index contributed by atoms with van der Waals surface area (Å²) < 4.78 is 36.2. The summed E-state index contributed by atoms with van der Waals surface area (Å²) in [5.74, 6) is -0.0612. The molecule has 0 aliphatic carbocycles. The molecule has 0 aromatic heterocycles. The zero-order valence-electron chi connectivity index (χ0n) is 31.4. The zero-order chi connectivity index (χ0) is 39.5. The van der Waals surface area contributed by atoms with Gasteiger partial charge in [-0.1, -0.05) is 121 Å². The highest BCUT2D eigenvalue weighted by atomic mass is 31.2. The van der Waals surface area contributed by atoms with Crippen molar-refractivity contribution in [1.29, 1.82) is 0 Å². The molecule has 6 atom stereocenters. The lowest BCUT2D eigenvalue weighted by Gasteiger charge is -2.36. The van der Waals surface area contributed by atoms with E-state index in [1.807, 2.05) is 91.0 Å². The van der Waals surface area contributed by atoms with E-state index in [1.165, 1.54) is 6.92 Å². The lowest BCUT2D eigenvalue weighted by atomic mass is 9.90. The lowest BCUT2D eigenvalue weighted by Crippen LogP contribution is -2.50. The number of urea groups is 1. The number of hydrogen-bond donors (Lipinski definition) is 2. The van der Waals surface area contributed by atoms with Gasteiger partial charge in [-0.15, -0.1) is 0 Å². The summed E-state index contributed by atoms with van der Waals surface area (Å²) in [7, 11) is -4.05. The number of esters is 1. The summed E-state index contributed by atoms with van der Waals surface area (Å²) in [5, 5.41) is 24.1. The molecule has 5 aromatic rings. The third-order valence-corrected chi connectivity index (χ3v) is 11.1. The van der Waals surface area contributed by atoms with Crippen molar-refractivity contribution in [2.75, 3.05) is 13.0 Å². The number of ether oxygens (including phenoxy) is 2. The van der Waals surface area contributed by atoms with E-state index in [1.54, 1.807) is 71.3 Å². The van der Waals surface area contributed by atoms with Crippen molar-refractivity contribution in [3.63, 3.8) is 0 Å². The van der Waals surface area contributed by atoms with Gasteiger partial charge < -0.3 is 34.0 Å². The van der Waals surface area contributed by atoms with Gasteiger partial charge in [0.15, 0.2) is 6.10 Å². The molecule has 12 heteroatoms. The van der Waals surface area contributed by atoms with Crippen molar-refractivity contribution in [2.24, 2.45) is 0 Å². The maximum atomic E-state index is 14.9. The van der Waals surface area contributed by atoms with Crippen LogP contribution in [0.15, 0.2) is 146 Å². The third-order valence-electron chi connectivity index (χ3n) is 9.51. The summed E-state index contributed by atoms with van der Waals surface area (Å²) in [6, 6.07) is 41.9. The summed E-state index contributed by atoms with van der Waals surface area (Å²) in [6.07, 6.45) is -4.13. The molecule has 0 saturated carbocycles. The van der Waals surface area contributed by atoms with Crippen LogP contribution < -0.4 is 9.26 Å². The molecule has 1 aliphatic rings. The van der Waals surface area contributed by atoms with Crippen molar-refractivity contribution in [3.05, 3.63) is 168 Å². The van der Waals surface area contributed by atoms with Gasteiger partial charge in [-0.3, -0.25) is 4.52 Å². The Balaban J connectivity index is 1.26. The SMILES string of the molecule is CCOC(=O)[C@H](C)OP(=O)(COc1ccc(C[C@@H]2[C@H](O)[C@@H](O)C(c3ccccc3)N(Cc3ccccc3)C(=O)N2Cc2ccccc2)cc1)Oc1ccccc1. The molecule has 1 aliphatic heterocycles. The van der Waals surface area contributed by atoms with Crippen LogP contribution in [-0.4, -0.2) is 69.3 Å². The molecule has 292 valence electrons. The number of carbonyl (C=O) groups is 2. The minimum atomic E-state index is -4.05. The molecule has 56 heavy (non-hydrogen) atoms. The number of para-hydroxylation sites is 1. The molecule has 0 radical (unpaired) electrons. The highest BCUT2D eigenvalue weighted by Gasteiger charge is 2.47. The van der Waals surface area contributed by atoms with E-state index in [9.17, 15) is 24.4 Å². The molecule has 5 aromatic carbocycles. The largest absolute Gasteiger partial charge is 0.480 e. The number of aliphatic hydroxyl groups excluding tert-OH is 2. The Morgan fingerprint density at radius 3 is 1.80 bits per heavy atom. The third kappa shape index (κ3) is 10.2. The van der Waals surface area contributed by atoms with Gasteiger partial charge in [-0.25, -0.2) is 14.2 Å². The fourth-order valence-corrected chi connectivity index (χ4v) is 8.23. The van der Waals surface area contributed by atoms with Gasteiger partial charge in [0.05, 0.1) is 18.7 Å². The minimum Gasteiger partial charge on any atom is -0.480 e. The van der Waals surface area contributed by atoms with Gasteiger partial charge in [0.1, 0.15) is 23.7 Å². The predicted molar refractivity (Wildman–Crippen MR) is 212 cm³/mol. The molecule has 6 rings (SSSR count). The molecule has 1 heterocycles. The second-order valence-corrected chi connectivity index (χ2v) is 15.4. The molecule has 1 fully saturated rings. The highest BCUT2D eigenvalue weighted by molar-refractivity contribution is 7.54. The van der Waals surface area contributed by atoms with Crippen molar-refractivity contribution in [2.45, 2.75) is 63.8 Å². The molecule has 2 N–H and O–H groups in total. The second-order valence-electron chi connectivity index (χ2n) is 13.6. The number of aliphatic hydroxyl groups is 2. The van der Waals surface area contributed by atoms with Crippen LogP contribution in [-0.2, 0) is 38.1 Å². The van der Waals surface area contributed by atoms with Gasteiger partial charge in [0.25, 0.3) is 0 Å². The van der Waals surface area contributed by atoms with Crippen LogP contribution >= 0.6 is 7.60 Å². The van der Waals surface area contributed by atoms with Crippen molar-refractivity contribution in [1.82, 2.24) is 9.80 Å². The number of nitrogens with zero attached hydrogens (tertiary/aromatic N) is 2. The molecule has 2 unspecified atom stereocenters. The first-order chi connectivity index (χ1) is 27.1. The van der Waals surface area contributed by atoms with Crippen LogP contribution in [0.4, 0.5) is 4.79 Å². The van der Waals surface area contributed by atoms with Crippen LogP contribution in [0, 0.1) is 0 Å². The highest BCUT2D eigenvalue weighted by Crippen LogP contribution is 2.49. The Morgan fingerprint density at radius 1 is 0.696 bits per heavy atom. The number of benzene rings is 5. The molecule has 11 nitrogen and oxygen atoms in total. The normalized spacial score (nSPS) is 20.0. The van der Waals surface area contributed by atoms with Crippen molar-refractivity contribution >= 4 is 19.6 Å². The lowest BCUT2D eigenvalue weighted by molar-refractivity contribution is -0.150. The number of rotatable bonds is 16. The van der Waals surface area contributed by atoms with Crippen LogP contribution in [0.3, 0.4) is 0 Å². The Labute approximate surface area is 327 Å². The van der Waals surface area contributed by atoms with Crippen LogP contribution in [0.2, 0.25) is 0 Å². The number of carbonyl (C=O) groups excluding carboxylic acids is 2. The van der Waals surface area contributed by atoms with Crippen molar-refractivity contribution < 1.29 is 42.9 Å². The first kappa shape index (κ1) is 40.2. The fourth-order valence-electron chi connectivity index (χ4n) is 6.76. The number of hydrogen-bond acceptors (Lipinski definition) is 9. The second kappa shape index (κ2) is 18.9. The molecule has 0 bridgehead atoms. The first-order valence-electron chi connectivity index (χ1n) is 18.6. The van der Waals surface area contributed by atoms with Crippen LogP contribution in [0.1, 0.15) is 42.1 Å². The van der Waals surface area contributed by atoms with Gasteiger partial charge in [0, 0.05) is 13.1 Å². The average molecular weight is 779 g/mol. The topological polar surface area (TPSA) is 135 Å². The van der Waals surface area contributed by atoms with Gasteiger partial charge in [-0.2, -0.15) is 0 Å². The van der Waals surface area contributed by atoms with E-state index in [0.29, 0.717) is 11.3 Å². The summed E-state index contributed by atoms with van der Waals surface area (Å²) in [6.45, 7) is 3.64. The van der Waals surface area contributed by atoms with E-state index in [0.717, 1.165) is 16.7 Å². The smallest absolute Gasteiger partial charge is 0.417 e.